The van der Waals surface area contributed by atoms with Crippen molar-refractivity contribution in [1.29, 1.82) is 0 Å². The Morgan fingerprint density at radius 3 is 2.45 bits per heavy atom. The molecule has 2 atom stereocenters. The first-order chi connectivity index (χ1) is 9.50. The lowest BCUT2D eigenvalue weighted by molar-refractivity contribution is 0.472. The van der Waals surface area contributed by atoms with E-state index in [1.807, 2.05) is 0 Å². The Labute approximate surface area is 127 Å². The van der Waals surface area contributed by atoms with Crippen LogP contribution in [-0.2, 0) is 11.8 Å². The molecular weight excluding hydrogens is 264 g/mol. The molecule has 0 aromatic heterocycles. The lowest BCUT2D eigenvalue weighted by Gasteiger charge is -2.29. The maximum absolute atomic E-state index is 5.79. The second kappa shape index (κ2) is 6.97. The molecule has 0 spiro atoms. The zero-order valence-corrected chi connectivity index (χ0v) is 13.8. The summed E-state index contributed by atoms with van der Waals surface area (Å²) in [7, 11) is 0. The fourth-order valence-electron chi connectivity index (χ4n) is 2.78. The molecule has 0 saturated carbocycles. The molecule has 1 fully saturated rings. The van der Waals surface area contributed by atoms with Gasteiger partial charge in [0, 0.05) is 11.3 Å². The SMILES string of the molecule is CC(C)(C)c1ccc(CC(NN)C2CCCCS2)cc1. The minimum Gasteiger partial charge on any atom is -0.271 e. The van der Waals surface area contributed by atoms with Gasteiger partial charge in [-0.3, -0.25) is 11.3 Å². The molecule has 1 aliphatic rings. The average Bonchev–Trinajstić information content (AvgIpc) is 2.45. The van der Waals surface area contributed by atoms with Gasteiger partial charge < -0.3 is 0 Å². The van der Waals surface area contributed by atoms with E-state index in [4.69, 9.17) is 5.84 Å². The van der Waals surface area contributed by atoms with Crippen LogP contribution in [0, 0.1) is 0 Å². The molecule has 2 nitrogen and oxygen atoms in total. The maximum atomic E-state index is 5.79. The zero-order valence-electron chi connectivity index (χ0n) is 13.0. The number of nitrogens with two attached hydrogens (primary N) is 1. The second-order valence-corrected chi connectivity index (χ2v) is 8.18. The van der Waals surface area contributed by atoms with E-state index in [0.717, 1.165) is 6.42 Å². The van der Waals surface area contributed by atoms with Gasteiger partial charge in [0.15, 0.2) is 0 Å². The minimum atomic E-state index is 0.225. The first kappa shape index (κ1) is 15.9. The van der Waals surface area contributed by atoms with Crippen molar-refractivity contribution in [3.8, 4) is 0 Å². The summed E-state index contributed by atoms with van der Waals surface area (Å²) < 4.78 is 0. The molecule has 2 unspecified atom stereocenters. The van der Waals surface area contributed by atoms with Crippen LogP contribution in [0.4, 0.5) is 0 Å². The van der Waals surface area contributed by atoms with Crippen molar-refractivity contribution in [3.63, 3.8) is 0 Å². The van der Waals surface area contributed by atoms with Crippen LogP contribution in [0.1, 0.15) is 51.2 Å². The predicted octanol–water partition coefficient (Wildman–Crippen LogP) is 3.64. The van der Waals surface area contributed by atoms with E-state index in [1.165, 1.54) is 36.1 Å². The van der Waals surface area contributed by atoms with Gasteiger partial charge in [0.05, 0.1) is 0 Å². The zero-order chi connectivity index (χ0) is 14.6. The average molecular weight is 292 g/mol. The van der Waals surface area contributed by atoms with E-state index >= 15 is 0 Å². The summed E-state index contributed by atoms with van der Waals surface area (Å²) in [4.78, 5) is 0. The highest BCUT2D eigenvalue weighted by molar-refractivity contribution is 8.00. The lowest BCUT2D eigenvalue weighted by Crippen LogP contribution is -2.45. The topological polar surface area (TPSA) is 38.0 Å². The molecule has 0 amide bonds. The predicted molar refractivity (Wildman–Crippen MR) is 90.1 cm³/mol. The van der Waals surface area contributed by atoms with Crippen LogP contribution in [0.25, 0.3) is 0 Å². The van der Waals surface area contributed by atoms with E-state index in [1.54, 1.807) is 0 Å². The number of thioether (sulfide) groups is 1. The number of hydrazine groups is 1. The molecule has 0 radical (unpaired) electrons. The van der Waals surface area contributed by atoms with E-state index in [2.05, 4.69) is 62.2 Å². The molecule has 1 aliphatic heterocycles. The van der Waals surface area contributed by atoms with Crippen molar-refractivity contribution in [2.24, 2.45) is 5.84 Å². The van der Waals surface area contributed by atoms with Crippen LogP contribution in [0.2, 0.25) is 0 Å². The van der Waals surface area contributed by atoms with E-state index in [-0.39, 0.29) is 5.41 Å². The van der Waals surface area contributed by atoms with Gasteiger partial charge >= 0.3 is 0 Å². The molecule has 112 valence electrons. The van der Waals surface area contributed by atoms with Gasteiger partial charge in [0.2, 0.25) is 0 Å². The number of hydrogen-bond acceptors (Lipinski definition) is 3. The highest BCUT2D eigenvalue weighted by atomic mass is 32.2. The highest BCUT2D eigenvalue weighted by Gasteiger charge is 2.23. The monoisotopic (exact) mass is 292 g/mol. The van der Waals surface area contributed by atoms with Crippen molar-refractivity contribution >= 4 is 11.8 Å². The second-order valence-electron chi connectivity index (χ2n) is 6.83. The molecule has 20 heavy (non-hydrogen) atoms. The summed E-state index contributed by atoms with van der Waals surface area (Å²) in [6, 6.07) is 9.44. The Balaban J connectivity index is 2.00. The standard InChI is InChI=1S/C17H28N2S/c1-17(2,3)14-9-7-13(8-10-14)12-15(19-18)16-6-4-5-11-20-16/h7-10,15-16,19H,4-6,11-12,18H2,1-3H3. The molecule has 1 saturated heterocycles. The molecule has 1 aromatic carbocycles. The van der Waals surface area contributed by atoms with Gasteiger partial charge in [-0.1, -0.05) is 51.5 Å². The van der Waals surface area contributed by atoms with Crippen molar-refractivity contribution in [2.75, 3.05) is 5.75 Å². The van der Waals surface area contributed by atoms with Crippen molar-refractivity contribution in [1.82, 2.24) is 5.43 Å². The summed E-state index contributed by atoms with van der Waals surface area (Å²) >= 11 is 2.08. The minimum absolute atomic E-state index is 0.225. The summed E-state index contributed by atoms with van der Waals surface area (Å²) in [5.41, 5.74) is 6.05. The molecule has 1 aromatic rings. The molecule has 3 heteroatoms. The first-order valence-electron chi connectivity index (χ1n) is 7.68. The number of hydrogen-bond donors (Lipinski definition) is 2. The van der Waals surface area contributed by atoms with Crippen LogP contribution >= 0.6 is 11.8 Å². The van der Waals surface area contributed by atoms with Crippen LogP contribution in [0.5, 0.6) is 0 Å². The van der Waals surface area contributed by atoms with Crippen molar-refractivity contribution < 1.29 is 0 Å². The fraction of sp³-hybridized carbons (Fsp3) is 0.647. The molecular formula is C17H28N2S. The number of rotatable bonds is 4. The van der Waals surface area contributed by atoms with Crippen molar-refractivity contribution in [3.05, 3.63) is 35.4 Å². The Morgan fingerprint density at radius 2 is 1.95 bits per heavy atom. The van der Waals surface area contributed by atoms with Crippen LogP contribution in [-0.4, -0.2) is 17.0 Å². The van der Waals surface area contributed by atoms with Gasteiger partial charge in [0.25, 0.3) is 0 Å². The molecule has 0 bridgehead atoms. The van der Waals surface area contributed by atoms with Crippen LogP contribution < -0.4 is 11.3 Å². The lowest BCUT2D eigenvalue weighted by atomic mass is 9.86. The third-order valence-corrected chi connectivity index (χ3v) is 5.67. The van der Waals surface area contributed by atoms with Gasteiger partial charge in [0.1, 0.15) is 0 Å². The third-order valence-electron chi connectivity index (χ3n) is 4.15. The first-order valence-corrected chi connectivity index (χ1v) is 8.73. The normalized spacial score (nSPS) is 21.7. The quantitative estimate of drug-likeness (QED) is 0.657. The van der Waals surface area contributed by atoms with Gasteiger partial charge in [-0.2, -0.15) is 11.8 Å². The van der Waals surface area contributed by atoms with Gasteiger partial charge in [-0.25, -0.2) is 0 Å². The molecule has 1 heterocycles. The highest BCUT2D eigenvalue weighted by Crippen LogP contribution is 2.29. The number of benzene rings is 1. The number of nitrogens with one attached hydrogen (secondary N) is 1. The molecule has 2 rings (SSSR count). The summed E-state index contributed by atoms with van der Waals surface area (Å²) in [6.45, 7) is 6.76. The Hall–Kier alpha value is -0.510. The van der Waals surface area contributed by atoms with E-state index < -0.39 is 0 Å². The van der Waals surface area contributed by atoms with Crippen LogP contribution in [0.3, 0.4) is 0 Å². The van der Waals surface area contributed by atoms with Crippen molar-refractivity contribution in [2.45, 2.75) is 63.2 Å². The largest absolute Gasteiger partial charge is 0.271 e. The Kier molecular flexibility index (Phi) is 5.53. The molecule has 0 aliphatic carbocycles. The Morgan fingerprint density at radius 1 is 1.25 bits per heavy atom. The Bertz CT molecular complexity index is 402. The summed E-state index contributed by atoms with van der Waals surface area (Å²) in [5.74, 6) is 7.07. The maximum Gasteiger partial charge on any atom is 0.0369 e. The smallest absolute Gasteiger partial charge is 0.0369 e. The van der Waals surface area contributed by atoms with Crippen LogP contribution in [0.15, 0.2) is 24.3 Å². The van der Waals surface area contributed by atoms with E-state index in [9.17, 15) is 0 Å². The van der Waals surface area contributed by atoms with Gasteiger partial charge in [-0.05, 0) is 41.6 Å². The third kappa shape index (κ3) is 4.24. The summed E-state index contributed by atoms with van der Waals surface area (Å²) in [6.07, 6.45) is 5.02. The van der Waals surface area contributed by atoms with Gasteiger partial charge in [-0.15, -0.1) is 0 Å². The fourth-order valence-corrected chi connectivity index (χ4v) is 4.19. The van der Waals surface area contributed by atoms with E-state index in [0.29, 0.717) is 11.3 Å². The molecule has 3 N–H and O–H groups in total. The summed E-state index contributed by atoms with van der Waals surface area (Å²) in [5, 5.41) is 0.663.